The van der Waals surface area contributed by atoms with Gasteiger partial charge in [-0.05, 0) is 31.9 Å². The molecule has 0 saturated carbocycles. The van der Waals surface area contributed by atoms with Gasteiger partial charge in [-0.3, -0.25) is 0 Å². The van der Waals surface area contributed by atoms with Gasteiger partial charge in [0.15, 0.2) is 0 Å². The van der Waals surface area contributed by atoms with Crippen molar-refractivity contribution in [3.05, 3.63) is 28.6 Å². The molecule has 3 heteroatoms. The number of thioether (sulfide) groups is 1. The normalized spacial score (nSPS) is 9.77. The zero-order chi connectivity index (χ0) is 10.0. The van der Waals surface area contributed by atoms with Crippen LogP contribution in [0.25, 0.3) is 0 Å². The molecule has 0 aromatic carbocycles. The molecule has 0 bridgehead atoms. The Kier molecular flexibility index (Phi) is 2.94. The van der Waals surface area contributed by atoms with Crippen LogP contribution in [0.5, 0.6) is 0 Å². The largest absolute Gasteiger partial charge is 0.245 e. The van der Waals surface area contributed by atoms with Crippen molar-refractivity contribution in [3.8, 4) is 6.07 Å². The molecule has 0 unspecified atom stereocenters. The second-order valence-electron chi connectivity index (χ2n) is 2.88. The molecular weight excluding hydrogens is 180 g/mol. The number of pyridine rings is 1. The highest BCUT2D eigenvalue weighted by Gasteiger charge is 2.10. The first kappa shape index (κ1) is 10.1. The quantitative estimate of drug-likeness (QED) is 0.640. The van der Waals surface area contributed by atoms with Gasteiger partial charge in [-0.1, -0.05) is 0 Å². The van der Waals surface area contributed by atoms with Crippen LogP contribution in [0.4, 0.5) is 0 Å². The van der Waals surface area contributed by atoms with Gasteiger partial charge in [-0.15, -0.1) is 11.8 Å². The van der Waals surface area contributed by atoms with Crippen molar-refractivity contribution in [3.63, 3.8) is 0 Å². The van der Waals surface area contributed by atoms with Crippen molar-refractivity contribution in [2.75, 3.05) is 0 Å². The summed E-state index contributed by atoms with van der Waals surface area (Å²) < 4.78 is 0. The van der Waals surface area contributed by atoms with E-state index in [9.17, 15) is 0 Å². The van der Waals surface area contributed by atoms with Crippen LogP contribution in [0.2, 0.25) is 0 Å². The van der Waals surface area contributed by atoms with Gasteiger partial charge in [0.1, 0.15) is 11.1 Å². The fourth-order valence-corrected chi connectivity index (χ4v) is 1.69. The van der Waals surface area contributed by atoms with Gasteiger partial charge in [-0.25, -0.2) is 4.98 Å². The molecule has 0 spiro atoms. The van der Waals surface area contributed by atoms with E-state index in [1.165, 1.54) is 11.8 Å². The van der Waals surface area contributed by atoms with E-state index in [4.69, 9.17) is 5.26 Å². The molecule has 0 N–H and O–H groups in total. The topological polar surface area (TPSA) is 36.7 Å². The summed E-state index contributed by atoms with van der Waals surface area (Å²) in [7, 11) is 0. The lowest BCUT2D eigenvalue weighted by molar-refractivity contribution is 1.00. The molecule has 1 aromatic rings. The summed E-state index contributed by atoms with van der Waals surface area (Å²) in [6.45, 7) is 5.88. The van der Waals surface area contributed by atoms with Crippen LogP contribution in [-0.4, -0.2) is 4.98 Å². The predicted octanol–water partition coefficient (Wildman–Crippen LogP) is 2.76. The molecule has 2 nitrogen and oxygen atoms in total. The molecule has 0 fully saturated rings. The van der Waals surface area contributed by atoms with Gasteiger partial charge < -0.3 is 0 Å². The molecule has 0 amide bonds. The maximum absolute atomic E-state index is 8.91. The van der Waals surface area contributed by atoms with Crippen molar-refractivity contribution in [1.29, 1.82) is 5.26 Å². The Balaban J connectivity index is 3.50. The van der Waals surface area contributed by atoms with Crippen LogP contribution in [0.1, 0.15) is 22.4 Å². The summed E-state index contributed by atoms with van der Waals surface area (Å²) in [5, 5.41) is 9.64. The molecule has 1 heterocycles. The maximum atomic E-state index is 8.91. The van der Waals surface area contributed by atoms with Gasteiger partial charge in [-0.2, -0.15) is 5.26 Å². The van der Waals surface area contributed by atoms with E-state index in [1.807, 2.05) is 20.8 Å². The van der Waals surface area contributed by atoms with Crippen molar-refractivity contribution in [2.45, 2.75) is 25.8 Å². The van der Waals surface area contributed by atoms with E-state index in [-0.39, 0.29) is 0 Å². The molecule has 0 aliphatic carbocycles. The van der Waals surface area contributed by atoms with Crippen LogP contribution in [0, 0.1) is 38.4 Å². The highest BCUT2D eigenvalue weighted by atomic mass is 32.2. The molecule has 0 saturated heterocycles. The molecule has 1 aromatic heterocycles. The van der Waals surface area contributed by atoms with Crippen LogP contribution in [0.15, 0.2) is 5.03 Å². The highest BCUT2D eigenvalue weighted by molar-refractivity contribution is 8.00. The Hall–Kier alpha value is -1.01. The summed E-state index contributed by atoms with van der Waals surface area (Å²) in [6.07, 6.45) is 3.68. The molecule has 13 heavy (non-hydrogen) atoms. The third-order valence-electron chi connectivity index (χ3n) is 2.21. The average Bonchev–Trinajstić information content (AvgIpc) is 2.13. The molecule has 0 aliphatic heterocycles. The van der Waals surface area contributed by atoms with E-state index in [2.05, 4.69) is 17.3 Å². The lowest BCUT2D eigenvalue weighted by Gasteiger charge is -2.08. The second kappa shape index (κ2) is 3.80. The van der Waals surface area contributed by atoms with Crippen LogP contribution < -0.4 is 0 Å². The van der Waals surface area contributed by atoms with Crippen molar-refractivity contribution in [1.82, 2.24) is 4.98 Å². The lowest BCUT2D eigenvalue weighted by atomic mass is 10.1. The Morgan fingerprint density at radius 2 is 1.92 bits per heavy atom. The van der Waals surface area contributed by atoms with Gasteiger partial charge >= 0.3 is 0 Å². The number of aryl methyl sites for hydroxylation is 1. The number of nitriles is 1. The lowest BCUT2D eigenvalue weighted by Crippen LogP contribution is -1.98. The molecule has 1 rings (SSSR count). The van der Waals surface area contributed by atoms with Crippen molar-refractivity contribution < 1.29 is 0 Å². The summed E-state index contributed by atoms with van der Waals surface area (Å²) >= 11 is 1.27. The minimum absolute atomic E-state index is 0.656. The summed E-state index contributed by atoms with van der Waals surface area (Å²) in [5.41, 5.74) is 3.74. The standard InChI is InChI=1S/C10H11N2S/c1-6-7(2)9(5-11)10(13-4)12-8(6)3/h4H2,1-3H3. The first-order valence-corrected chi connectivity index (χ1v) is 4.90. The van der Waals surface area contributed by atoms with Crippen molar-refractivity contribution >= 4 is 11.8 Å². The predicted molar refractivity (Wildman–Crippen MR) is 54.4 cm³/mol. The summed E-state index contributed by atoms with van der Waals surface area (Å²) in [6, 6.07) is 2.16. The Labute approximate surface area is 83.0 Å². The molecular formula is C10H11N2S. The van der Waals surface area contributed by atoms with Gasteiger partial charge in [0.25, 0.3) is 0 Å². The van der Waals surface area contributed by atoms with Gasteiger partial charge in [0.05, 0.1) is 5.56 Å². The Bertz CT molecular complexity index is 377. The Morgan fingerprint density at radius 1 is 1.31 bits per heavy atom. The van der Waals surface area contributed by atoms with Gasteiger partial charge in [0, 0.05) is 11.9 Å². The second-order valence-corrected chi connectivity index (χ2v) is 3.56. The molecule has 0 aliphatic rings. The number of hydrogen-bond acceptors (Lipinski definition) is 3. The minimum Gasteiger partial charge on any atom is -0.245 e. The molecule has 0 atom stereocenters. The SMILES string of the molecule is [CH2]Sc1nc(C)c(C)c(C)c1C#N. The summed E-state index contributed by atoms with van der Waals surface area (Å²) in [4.78, 5) is 4.30. The average molecular weight is 191 g/mol. The number of aromatic nitrogens is 1. The Morgan fingerprint density at radius 3 is 2.38 bits per heavy atom. The number of hydrogen-bond donors (Lipinski definition) is 0. The first-order valence-electron chi connectivity index (χ1n) is 3.91. The zero-order valence-corrected chi connectivity index (χ0v) is 8.83. The number of rotatable bonds is 1. The zero-order valence-electron chi connectivity index (χ0n) is 8.01. The van der Waals surface area contributed by atoms with E-state index >= 15 is 0 Å². The van der Waals surface area contributed by atoms with Gasteiger partial charge in [0.2, 0.25) is 0 Å². The molecule has 67 valence electrons. The fourth-order valence-electron chi connectivity index (χ4n) is 1.15. The summed E-state index contributed by atoms with van der Waals surface area (Å²) in [5.74, 6) is 0. The third-order valence-corrected chi connectivity index (χ3v) is 2.78. The van der Waals surface area contributed by atoms with E-state index < -0.39 is 0 Å². The molecule has 1 radical (unpaired) electrons. The minimum atomic E-state index is 0.656. The highest BCUT2D eigenvalue weighted by Crippen LogP contribution is 2.24. The van der Waals surface area contributed by atoms with Crippen LogP contribution >= 0.6 is 11.8 Å². The van der Waals surface area contributed by atoms with E-state index in [0.29, 0.717) is 5.56 Å². The number of nitrogens with zero attached hydrogens (tertiary/aromatic N) is 2. The van der Waals surface area contributed by atoms with E-state index in [1.54, 1.807) is 0 Å². The fraction of sp³-hybridized carbons (Fsp3) is 0.300. The first-order chi connectivity index (χ1) is 6.11. The maximum Gasteiger partial charge on any atom is 0.114 e. The van der Waals surface area contributed by atoms with E-state index in [0.717, 1.165) is 21.8 Å². The van der Waals surface area contributed by atoms with Crippen molar-refractivity contribution in [2.24, 2.45) is 0 Å². The van der Waals surface area contributed by atoms with Crippen LogP contribution in [0.3, 0.4) is 0 Å². The monoisotopic (exact) mass is 191 g/mol. The smallest absolute Gasteiger partial charge is 0.114 e. The van der Waals surface area contributed by atoms with Crippen LogP contribution in [-0.2, 0) is 0 Å². The third kappa shape index (κ3) is 1.68.